The van der Waals surface area contributed by atoms with Gasteiger partial charge in [-0.05, 0) is 11.8 Å². The van der Waals surface area contributed by atoms with Crippen molar-refractivity contribution < 1.29 is 0 Å². The third kappa shape index (κ3) is 4.36. The Bertz CT molecular complexity index is 57.7. The standard InChI is InChI=1S/C9H20.Al.3H/c1-5-8(4)9(6-2)7-3;;;;/h8-9H,5-7H2,1-4H3;;;;. The summed E-state index contributed by atoms with van der Waals surface area (Å²) in [5.41, 5.74) is 0. The fraction of sp³-hybridized carbons (Fsp3) is 1.00. The minimum Gasteiger partial charge on any atom is -0.0651 e. The predicted molar refractivity (Wildman–Crippen MR) is 53.5 cm³/mol. The summed E-state index contributed by atoms with van der Waals surface area (Å²) >= 11 is 0. The molecule has 0 aliphatic carbocycles. The summed E-state index contributed by atoms with van der Waals surface area (Å²) in [4.78, 5) is 0. The molecule has 0 saturated carbocycles. The predicted octanol–water partition coefficient (Wildman–Crippen LogP) is 2.28. The van der Waals surface area contributed by atoms with E-state index in [2.05, 4.69) is 27.7 Å². The SMILES string of the molecule is CCC(C)C(CC)CC.[AlH3]. The van der Waals surface area contributed by atoms with Crippen molar-refractivity contribution in [3.8, 4) is 0 Å². The van der Waals surface area contributed by atoms with Crippen LogP contribution in [-0.2, 0) is 0 Å². The van der Waals surface area contributed by atoms with Gasteiger partial charge in [0.1, 0.15) is 0 Å². The maximum absolute atomic E-state index is 2.36. The van der Waals surface area contributed by atoms with E-state index in [1.807, 2.05) is 0 Å². The van der Waals surface area contributed by atoms with E-state index in [1.165, 1.54) is 19.3 Å². The van der Waals surface area contributed by atoms with Crippen LogP contribution >= 0.6 is 0 Å². The number of rotatable bonds is 4. The van der Waals surface area contributed by atoms with Crippen molar-refractivity contribution in [1.82, 2.24) is 0 Å². The van der Waals surface area contributed by atoms with Gasteiger partial charge < -0.3 is 0 Å². The van der Waals surface area contributed by atoms with Gasteiger partial charge in [-0.15, -0.1) is 0 Å². The summed E-state index contributed by atoms with van der Waals surface area (Å²) in [6.45, 7) is 9.22. The maximum atomic E-state index is 2.36. The highest BCUT2D eigenvalue weighted by atomic mass is 27.0. The molecule has 1 heteroatoms. The highest BCUT2D eigenvalue weighted by Crippen LogP contribution is 2.21. The van der Waals surface area contributed by atoms with Gasteiger partial charge in [-0.2, -0.15) is 0 Å². The molecule has 10 heavy (non-hydrogen) atoms. The van der Waals surface area contributed by atoms with E-state index < -0.39 is 0 Å². The zero-order valence-electron chi connectivity index (χ0n) is 7.28. The molecule has 0 rings (SSSR count). The minimum atomic E-state index is 0. The quantitative estimate of drug-likeness (QED) is 0.551. The lowest BCUT2D eigenvalue weighted by molar-refractivity contribution is 0.328. The van der Waals surface area contributed by atoms with Gasteiger partial charge in [-0.3, -0.25) is 0 Å². The summed E-state index contributed by atoms with van der Waals surface area (Å²) in [5.74, 6) is 1.90. The average Bonchev–Trinajstić information content (AvgIpc) is 1.90. The molecule has 0 heterocycles. The molecule has 0 nitrogen and oxygen atoms in total. The van der Waals surface area contributed by atoms with Crippen molar-refractivity contribution in [1.29, 1.82) is 0 Å². The van der Waals surface area contributed by atoms with Gasteiger partial charge >= 0.3 is 0 Å². The first-order chi connectivity index (χ1) is 4.26. The van der Waals surface area contributed by atoms with Gasteiger partial charge in [0.05, 0.1) is 0 Å². The van der Waals surface area contributed by atoms with Crippen LogP contribution < -0.4 is 0 Å². The van der Waals surface area contributed by atoms with Gasteiger partial charge in [0, 0.05) is 0 Å². The minimum absolute atomic E-state index is 0. The van der Waals surface area contributed by atoms with E-state index >= 15 is 0 Å². The fourth-order valence-corrected chi connectivity index (χ4v) is 1.43. The average molecular weight is 158 g/mol. The first-order valence-corrected chi connectivity index (χ1v) is 4.26. The number of hydrogen-bond donors (Lipinski definition) is 0. The van der Waals surface area contributed by atoms with Gasteiger partial charge in [-0.1, -0.05) is 47.0 Å². The molecule has 62 valence electrons. The van der Waals surface area contributed by atoms with Crippen LogP contribution in [-0.4, -0.2) is 17.4 Å². The summed E-state index contributed by atoms with van der Waals surface area (Å²) in [5, 5.41) is 0. The van der Waals surface area contributed by atoms with Gasteiger partial charge in [-0.25, -0.2) is 0 Å². The Hall–Kier alpha value is 0.532. The molecule has 0 aromatic heterocycles. The summed E-state index contributed by atoms with van der Waals surface area (Å²) in [6, 6.07) is 0. The highest BCUT2D eigenvalue weighted by Gasteiger charge is 2.09. The number of hydrogen-bond acceptors (Lipinski definition) is 0. The molecule has 1 atom stereocenters. The van der Waals surface area contributed by atoms with Gasteiger partial charge in [0.15, 0.2) is 17.4 Å². The molecular weight excluding hydrogens is 135 g/mol. The fourth-order valence-electron chi connectivity index (χ4n) is 1.43. The molecule has 0 bridgehead atoms. The van der Waals surface area contributed by atoms with Crippen LogP contribution in [0.5, 0.6) is 0 Å². The normalized spacial score (nSPS) is 12.9. The van der Waals surface area contributed by atoms with Crippen LogP contribution in [0.25, 0.3) is 0 Å². The Morgan fingerprint density at radius 3 is 1.40 bits per heavy atom. The van der Waals surface area contributed by atoms with Crippen LogP contribution in [0.1, 0.15) is 47.0 Å². The Labute approximate surface area is 76.5 Å². The van der Waals surface area contributed by atoms with Crippen molar-refractivity contribution in [2.45, 2.75) is 47.0 Å². The molecule has 0 aromatic rings. The molecule has 0 spiro atoms. The zero-order valence-corrected chi connectivity index (χ0v) is 7.28. The van der Waals surface area contributed by atoms with Crippen LogP contribution in [0, 0.1) is 11.8 Å². The van der Waals surface area contributed by atoms with Crippen molar-refractivity contribution >= 4 is 17.4 Å². The Morgan fingerprint density at radius 1 is 0.900 bits per heavy atom. The molecule has 1 unspecified atom stereocenters. The molecule has 0 aromatic carbocycles. The van der Waals surface area contributed by atoms with Crippen LogP contribution in [0.2, 0.25) is 0 Å². The van der Waals surface area contributed by atoms with Gasteiger partial charge in [0.25, 0.3) is 0 Å². The van der Waals surface area contributed by atoms with Crippen LogP contribution in [0.3, 0.4) is 0 Å². The van der Waals surface area contributed by atoms with Crippen molar-refractivity contribution in [3.05, 3.63) is 0 Å². The highest BCUT2D eigenvalue weighted by molar-refractivity contribution is 5.75. The summed E-state index contributed by atoms with van der Waals surface area (Å²) < 4.78 is 0. The zero-order chi connectivity index (χ0) is 7.28. The van der Waals surface area contributed by atoms with E-state index in [-0.39, 0.29) is 17.4 Å². The second-order valence-electron chi connectivity index (χ2n) is 2.96. The monoisotopic (exact) mass is 158 g/mol. The lowest BCUT2D eigenvalue weighted by Gasteiger charge is -2.18. The Morgan fingerprint density at radius 2 is 1.30 bits per heavy atom. The van der Waals surface area contributed by atoms with E-state index in [1.54, 1.807) is 0 Å². The molecule has 0 saturated heterocycles. The molecule has 0 fully saturated rings. The van der Waals surface area contributed by atoms with Crippen molar-refractivity contribution in [2.75, 3.05) is 0 Å². The smallest absolute Gasteiger partial charge is 0.0651 e. The third-order valence-corrected chi connectivity index (χ3v) is 2.50. The topological polar surface area (TPSA) is 0 Å². The van der Waals surface area contributed by atoms with Crippen molar-refractivity contribution in [2.24, 2.45) is 11.8 Å². The summed E-state index contributed by atoms with van der Waals surface area (Å²) in [6.07, 6.45) is 4.04. The Kier molecular flexibility index (Phi) is 10.0. The van der Waals surface area contributed by atoms with E-state index in [4.69, 9.17) is 0 Å². The molecule has 0 aliphatic rings. The lowest BCUT2D eigenvalue weighted by atomic mass is 9.88. The molecule has 0 radical (unpaired) electrons. The largest absolute Gasteiger partial charge is 0.187 e. The lowest BCUT2D eigenvalue weighted by Crippen LogP contribution is -2.07. The maximum Gasteiger partial charge on any atom is 0.187 e. The van der Waals surface area contributed by atoms with Crippen molar-refractivity contribution in [3.63, 3.8) is 0 Å². The second-order valence-corrected chi connectivity index (χ2v) is 2.96. The van der Waals surface area contributed by atoms with E-state index in [0.29, 0.717) is 0 Å². The molecule has 0 aliphatic heterocycles. The molecule has 0 amide bonds. The molecular formula is C9H23Al. The Balaban J connectivity index is 0. The second kappa shape index (κ2) is 7.64. The van der Waals surface area contributed by atoms with Gasteiger partial charge in [0.2, 0.25) is 0 Å². The first kappa shape index (κ1) is 13.1. The van der Waals surface area contributed by atoms with E-state index in [9.17, 15) is 0 Å². The first-order valence-electron chi connectivity index (χ1n) is 4.26. The van der Waals surface area contributed by atoms with Crippen LogP contribution in [0.4, 0.5) is 0 Å². The van der Waals surface area contributed by atoms with E-state index in [0.717, 1.165) is 11.8 Å². The summed E-state index contributed by atoms with van der Waals surface area (Å²) in [7, 11) is 0. The molecule has 0 N–H and O–H groups in total. The van der Waals surface area contributed by atoms with Crippen LogP contribution in [0.15, 0.2) is 0 Å². The third-order valence-electron chi connectivity index (χ3n) is 2.50.